The fraction of sp³-hybridized carbons (Fsp3) is 0.0714. The Morgan fingerprint density at radius 2 is 1.70 bits per heavy atom. The molecule has 0 unspecified atom stereocenters. The van der Waals surface area contributed by atoms with Gasteiger partial charge in [0.05, 0.1) is 15.7 Å². The number of aromatic carboxylic acids is 1. The lowest BCUT2D eigenvalue weighted by atomic mass is 10.0. The maximum atomic E-state index is 13.4. The van der Waals surface area contributed by atoms with Crippen LogP contribution in [0.4, 0.5) is 8.78 Å². The van der Waals surface area contributed by atoms with Crippen LogP contribution in [0.3, 0.4) is 0 Å². The fourth-order valence-corrected chi connectivity index (χ4v) is 2.25. The highest BCUT2D eigenvalue weighted by Gasteiger charge is 2.41. The Bertz CT molecular complexity index is 811. The molecule has 0 radical (unpaired) electrons. The molecule has 1 aromatic carbocycles. The van der Waals surface area contributed by atoms with Gasteiger partial charge in [-0.25, -0.2) is 14.6 Å². The summed E-state index contributed by atoms with van der Waals surface area (Å²) in [6.07, 6.45) is 0. The number of carboxylic acid groups (broad SMARTS) is 2. The normalized spacial score (nSPS) is 11.3. The highest BCUT2D eigenvalue weighted by molar-refractivity contribution is 6.34. The number of benzene rings is 1. The second-order valence-corrected chi connectivity index (χ2v) is 5.22. The number of halogens is 4. The van der Waals surface area contributed by atoms with Crippen LogP contribution in [0.2, 0.25) is 10.0 Å². The third-order valence-corrected chi connectivity index (χ3v) is 3.54. The van der Waals surface area contributed by atoms with Crippen molar-refractivity contribution in [2.24, 2.45) is 0 Å². The first kappa shape index (κ1) is 17.1. The first-order chi connectivity index (χ1) is 10.6. The molecule has 0 spiro atoms. The maximum absolute atomic E-state index is 13.4. The van der Waals surface area contributed by atoms with Crippen LogP contribution in [-0.4, -0.2) is 27.1 Å². The third-order valence-electron chi connectivity index (χ3n) is 2.92. The molecule has 0 bridgehead atoms. The summed E-state index contributed by atoms with van der Waals surface area (Å²) in [7, 11) is 0. The van der Waals surface area contributed by atoms with Crippen molar-refractivity contribution < 1.29 is 28.6 Å². The van der Waals surface area contributed by atoms with Gasteiger partial charge < -0.3 is 10.2 Å². The molecule has 0 aliphatic heterocycles. The zero-order valence-corrected chi connectivity index (χ0v) is 12.6. The van der Waals surface area contributed by atoms with Crippen molar-refractivity contribution in [3.63, 3.8) is 0 Å². The number of carbonyl (C=O) groups is 2. The molecule has 2 rings (SSSR count). The Kier molecular flexibility index (Phi) is 4.53. The Labute approximate surface area is 138 Å². The quantitative estimate of drug-likeness (QED) is 0.861. The van der Waals surface area contributed by atoms with E-state index in [-0.39, 0.29) is 21.3 Å². The largest absolute Gasteiger partial charge is 0.477 e. The summed E-state index contributed by atoms with van der Waals surface area (Å²) in [6.45, 7) is 0. The smallest absolute Gasteiger partial charge is 0.379 e. The number of hydrogen-bond acceptors (Lipinski definition) is 3. The summed E-state index contributed by atoms with van der Waals surface area (Å²) in [5, 5.41) is 17.2. The topological polar surface area (TPSA) is 87.5 Å². The Morgan fingerprint density at radius 1 is 1.04 bits per heavy atom. The zero-order valence-electron chi connectivity index (χ0n) is 11.1. The minimum absolute atomic E-state index is 0.0913. The van der Waals surface area contributed by atoms with Gasteiger partial charge in [-0.05, 0) is 18.2 Å². The van der Waals surface area contributed by atoms with E-state index in [0.29, 0.717) is 0 Å². The average Bonchev–Trinajstić information content (AvgIpc) is 2.47. The number of hydrogen-bond donors (Lipinski definition) is 2. The summed E-state index contributed by atoms with van der Waals surface area (Å²) in [5.41, 5.74) is -0.955. The lowest BCUT2D eigenvalue weighted by Gasteiger charge is -2.13. The van der Waals surface area contributed by atoms with Gasteiger partial charge in [0, 0.05) is 11.1 Å². The van der Waals surface area contributed by atoms with Crippen LogP contribution in [0.1, 0.15) is 16.1 Å². The van der Waals surface area contributed by atoms with Gasteiger partial charge in [0.15, 0.2) is 5.69 Å². The number of pyridine rings is 1. The van der Waals surface area contributed by atoms with Crippen LogP contribution < -0.4 is 0 Å². The van der Waals surface area contributed by atoms with Crippen molar-refractivity contribution in [2.75, 3.05) is 0 Å². The van der Waals surface area contributed by atoms with Crippen molar-refractivity contribution in [1.29, 1.82) is 0 Å². The average molecular weight is 362 g/mol. The molecule has 23 heavy (non-hydrogen) atoms. The number of alkyl halides is 2. The number of nitrogens with zero attached hydrogens (tertiary/aromatic N) is 1. The lowest BCUT2D eigenvalue weighted by molar-refractivity contribution is -0.166. The van der Waals surface area contributed by atoms with Crippen molar-refractivity contribution in [3.05, 3.63) is 51.6 Å². The second-order valence-electron chi connectivity index (χ2n) is 4.41. The number of carboxylic acids is 2. The Hall–Kier alpha value is -2.25. The summed E-state index contributed by atoms with van der Waals surface area (Å²) in [6, 6.07) is 5.46. The molecule has 0 atom stereocenters. The Balaban J connectivity index is 2.53. The molecular weight excluding hydrogens is 355 g/mol. The van der Waals surface area contributed by atoms with E-state index >= 15 is 0 Å². The van der Waals surface area contributed by atoms with Crippen LogP contribution in [0.25, 0.3) is 11.3 Å². The first-order valence-electron chi connectivity index (χ1n) is 5.96. The number of aromatic nitrogens is 1. The predicted molar refractivity (Wildman–Crippen MR) is 78.2 cm³/mol. The van der Waals surface area contributed by atoms with Crippen LogP contribution in [0.15, 0.2) is 30.3 Å². The number of rotatable bonds is 4. The van der Waals surface area contributed by atoms with E-state index in [4.69, 9.17) is 33.4 Å². The van der Waals surface area contributed by atoms with Gasteiger partial charge in [-0.15, -0.1) is 0 Å². The second kappa shape index (κ2) is 6.10. The van der Waals surface area contributed by atoms with E-state index in [1.165, 1.54) is 12.1 Å². The lowest BCUT2D eigenvalue weighted by Crippen LogP contribution is -2.25. The van der Waals surface area contributed by atoms with Gasteiger partial charge >= 0.3 is 17.9 Å². The summed E-state index contributed by atoms with van der Waals surface area (Å²) >= 11 is 11.6. The van der Waals surface area contributed by atoms with E-state index in [1.807, 2.05) is 0 Å². The van der Waals surface area contributed by atoms with Gasteiger partial charge in [-0.1, -0.05) is 35.3 Å². The zero-order chi connectivity index (χ0) is 17.4. The van der Waals surface area contributed by atoms with E-state index in [0.717, 1.165) is 18.2 Å². The minimum Gasteiger partial charge on any atom is -0.477 e. The molecule has 0 fully saturated rings. The van der Waals surface area contributed by atoms with Crippen molar-refractivity contribution in [3.8, 4) is 11.3 Å². The predicted octanol–water partition coefficient (Wildman–Crippen LogP) is 3.93. The molecule has 1 heterocycles. The molecule has 9 heteroatoms. The molecule has 2 aromatic rings. The van der Waals surface area contributed by atoms with Crippen molar-refractivity contribution in [1.82, 2.24) is 4.98 Å². The van der Waals surface area contributed by atoms with E-state index in [9.17, 15) is 18.4 Å². The van der Waals surface area contributed by atoms with Gasteiger partial charge in [-0.2, -0.15) is 8.78 Å². The molecule has 1 aromatic heterocycles. The highest BCUT2D eigenvalue weighted by atomic mass is 35.5. The van der Waals surface area contributed by atoms with E-state index in [1.54, 1.807) is 0 Å². The highest BCUT2D eigenvalue weighted by Crippen LogP contribution is 2.35. The standard InChI is InChI=1S/C14H7Cl2F2NO4/c15-8-3-4-10(19-11(8)12(20)21)7-2-1-6(5-9(7)16)14(17,18)13(22)23/h1-5H,(H,20,21)(H,22,23). The summed E-state index contributed by atoms with van der Waals surface area (Å²) in [5.74, 6) is -7.76. The van der Waals surface area contributed by atoms with Crippen LogP contribution in [0.5, 0.6) is 0 Å². The molecule has 120 valence electrons. The number of aliphatic carboxylic acids is 1. The minimum atomic E-state index is -4.10. The molecule has 2 N–H and O–H groups in total. The molecule has 0 aliphatic rings. The van der Waals surface area contributed by atoms with Crippen LogP contribution >= 0.6 is 23.2 Å². The van der Waals surface area contributed by atoms with Crippen molar-refractivity contribution >= 4 is 35.1 Å². The van der Waals surface area contributed by atoms with E-state index in [2.05, 4.69) is 4.98 Å². The van der Waals surface area contributed by atoms with Crippen LogP contribution in [-0.2, 0) is 10.7 Å². The summed E-state index contributed by atoms with van der Waals surface area (Å²) in [4.78, 5) is 25.4. The molecular formula is C14H7Cl2F2NO4. The first-order valence-corrected chi connectivity index (χ1v) is 6.71. The molecule has 0 aliphatic carbocycles. The summed E-state index contributed by atoms with van der Waals surface area (Å²) < 4.78 is 26.9. The Morgan fingerprint density at radius 3 is 2.22 bits per heavy atom. The molecule has 5 nitrogen and oxygen atoms in total. The molecule has 0 saturated carbocycles. The van der Waals surface area contributed by atoms with E-state index < -0.39 is 29.1 Å². The van der Waals surface area contributed by atoms with Gasteiger partial charge in [0.2, 0.25) is 0 Å². The monoisotopic (exact) mass is 361 g/mol. The molecule has 0 amide bonds. The van der Waals surface area contributed by atoms with Gasteiger partial charge in [0.1, 0.15) is 0 Å². The van der Waals surface area contributed by atoms with Crippen molar-refractivity contribution in [2.45, 2.75) is 5.92 Å². The third kappa shape index (κ3) is 3.25. The van der Waals surface area contributed by atoms with Gasteiger partial charge in [-0.3, -0.25) is 0 Å². The SMILES string of the molecule is O=C(O)c1nc(-c2ccc(C(F)(F)C(=O)O)cc2Cl)ccc1Cl. The maximum Gasteiger partial charge on any atom is 0.379 e. The fourth-order valence-electron chi connectivity index (χ4n) is 1.78. The van der Waals surface area contributed by atoms with Gasteiger partial charge in [0.25, 0.3) is 0 Å². The van der Waals surface area contributed by atoms with Crippen LogP contribution in [0, 0.1) is 0 Å². The molecule has 0 saturated heterocycles.